The number of carboxylic acids is 1. The number of carboxylic acid groups (broad SMARTS) is 1. The number of rotatable bonds is 2. The van der Waals surface area contributed by atoms with Gasteiger partial charge in [-0.05, 0) is 6.07 Å². The highest BCUT2D eigenvalue weighted by Gasteiger charge is 2.16. The number of halogens is 1. The first-order valence-corrected chi connectivity index (χ1v) is 4.77. The third-order valence-corrected chi connectivity index (χ3v) is 2.89. The van der Waals surface area contributed by atoms with Crippen LogP contribution in [0.25, 0.3) is 5.13 Å². The molecule has 2 aromatic heterocycles. The van der Waals surface area contributed by atoms with Gasteiger partial charge in [0.1, 0.15) is 0 Å². The van der Waals surface area contributed by atoms with Gasteiger partial charge < -0.3 is 5.11 Å². The Kier molecular flexibility index (Phi) is 2.22. The average Bonchev–Trinajstić information content (AvgIpc) is 2.70. The molecule has 0 amide bonds. The minimum absolute atomic E-state index is 0.00648. The molecule has 14 heavy (non-hydrogen) atoms. The van der Waals surface area contributed by atoms with Crippen LogP contribution in [0, 0.1) is 0 Å². The molecule has 0 aliphatic heterocycles. The fourth-order valence-electron chi connectivity index (χ4n) is 0.903. The number of aromatic carboxylic acids is 1. The fraction of sp³-hybridized carbons (Fsp3) is 0. The zero-order valence-corrected chi connectivity index (χ0v) is 8.29. The molecule has 0 spiro atoms. The number of carbonyl (C=O) groups is 1. The van der Waals surface area contributed by atoms with Crippen molar-refractivity contribution < 1.29 is 9.90 Å². The average molecular weight is 230 g/mol. The van der Waals surface area contributed by atoms with Crippen LogP contribution < -0.4 is 0 Å². The van der Waals surface area contributed by atoms with Crippen molar-refractivity contribution >= 4 is 28.9 Å². The van der Waals surface area contributed by atoms with Crippen LogP contribution in [0.3, 0.4) is 0 Å². The van der Waals surface area contributed by atoms with Crippen LogP contribution in [-0.2, 0) is 0 Å². The lowest BCUT2D eigenvalue weighted by atomic mass is 10.6. The van der Waals surface area contributed by atoms with Crippen LogP contribution in [0.15, 0.2) is 18.5 Å². The summed E-state index contributed by atoms with van der Waals surface area (Å²) in [7, 11) is 0. The lowest BCUT2D eigenvalue weighted by Gasteiger charge is -1.90. The maximum Gasteiger partial charge on any atom is 0.349 e. The van der Waals surface area contributed by atoms with E-state index >= 15 is 0 Å². The maximum absolute atomic E-state index is 10.7. The molecule has 0 aromatic carbocycles. The largest absolute Gasteiger partial charge is 0.477 e. The summed E-state index contributed by atoms with van der Waals surface area (Å²) in [6.45, 7) is 0. The quantitative estimate of drug-likeness (QED) is 0.851. The Morgan fingerprint density at radius 2 is 2.43 bits per heavy atom. The maximum atomic E-state index is 10.7. The number of hydrogen-bond donors (Lipinski definition) is 1. The van der Waals surface area contributed by atoms with Crippen molar-refractivity contribution in [1.82, 2.24) is 14.8 Å². The second-order valence-corrected chi connectivity index (χ2v) is 3.71. The summed E-state index contributed by atoms with van der Waals surface area (Å²) in [5.41, 5.74) is 0. The van der Waals surface area contributed by atoms with Crippen molar-refractivity contribution in [3.63, 3.8) is 0 Å². The number of nitrogens with zero attached hydrogens (tertiary/aromatic N) is 3. The highest BCUT2D eigenvalue weighted by Crippen LogP contribution is 2.24. The molecule has 0 unspecified atom stereocenters. The van der Waals surface area contributed by atoms with Crippen molar-refractivity contribution in [2.75, 3.05) is 0 Å². The summed E-state index contributed by atoms with van der Waals surface area (Å²) >= 11 is 6.62. The predicted octanol–water partition coefficient (Wildman–Crippen LogP) is 1.68. The van der Waals surface area contributed by atoms with Gasteiger partial charge in [-0.15, -0.1) is 0 Å². The molecule has 2 heterocycles. The first-order valence-electron chi connectivity index (χ1n) is 3.58. The SMILES string of the molecule is O=C(O)c1sc(-n2cccn2)nc1Cl. The lowest BCUT2D eigenvalue weighted by Crippen LogP contribution is -1.91. The summed E-state index contributed by atoms with van der Waals surface area (Å²) < 4.78 is 1.46. The molecular formula is C7H4ClN3O2S. The van der Waals surface area contributed by atoms with E-state index in [2.05, 4.69) is 10.1 Å². The molecule has 0 saturated carbocycles. The van der Waals surface area contributed by atoms with E-state index in [-0.39, 0.29) is 10.0 Å². The number of aromatic nitrogens is 3. The van der Waals surface area contributed by atoms with E-state index in [0.717, 1.165) is 11.3 Å². The Labute approximate surface area is 87.6 Å². The molecule has 0 aliphatic rings. The normalized spacial score (nSPS) is 10.4. The van der Waals surface area contributed by atoms with Gasteiger partial charge in [0.05, 0.1) is 0 Å². The smallest absolute Gasteiger partial charge is 0.349 e. The minimum Gasteiger partial charge on any atom is -0.477 e. The molecule has 5 nitrogen and oxygen atoms in total. The molecule has 2 aromatic rings. The van der Waals surface area contributed by atoms with E-state index in [1.54, 1.807) is 18.5 Å². The van der Waals surface area contributed by atoms with Crippen molar-refractivity contribution in [3.05, 3.63) is 28.5 Å². The van der Waals surface area contributed by atoms with Crippen LogP contribution in [0.5, 0.6) is 0 Å². The molecule has 7 heteroatoms. The van der Waals surface area contributed by atoms with Gasteiger partial charge in [-0.3, -0.25) is 0 Å². The van der Waals surface area contributed by atoms with Gasteiger partial charge in [0.15, 0.2) is 10.0 Å². The van der Waals surface area contributed by atoms with Crippen molar-refractivity contribution in [2.24, 2.45) is 0 Å². The lowest BCUT2D eigenvalue weighted by molar-refractivity contribution is 0.0702. The van der Waals surface area contributed by atoms with Crippen molar-refractivity contribution in [1.29, 1.82) is 0 Å². The monoisotopic (exact) mass is 229 g/mol. The summed E-state index contributed by atoms with van der Waals surface area (Å²) in [4.78, 5) is 14.6. The zero-order valence-electron chi connectivity index (χ0n) is 6.72. The number of thiazole rings is 1. The van der Waals surface area contributed by atoms with E-state index in [9.17, 15) is 4.79 Å². The summed E-state index contributed by atoms with van der Waals surface area (Å²) in [6, 6.07) is 1.72. The van der Waals surface area contributed by atoms with Gasteiger partial charge in [-0.25, -0.2) is 14.5 Å². The van der Waals surface area contributed by atoms with Crippen LogP contribution in [0.2, 0.25) is 5.15 Å². The van der Waals surface area contributed by atoms with Gasteiger partial charge in [-0.1, -0.05) is 22.9 Å². The molecule has 0 aliphatic carbocycles. The molecule has 0 radical (unpaired) electrons. The first kappa shape index (κ1) is 9.17. The van der Waals surface area contributed by atoms with Crippen LogP contribution >= 0.6 is 22.9 Å². The van der Waals surface area contributed by atoms with Crippen LogP contribution in [0.1, 0.15) is 9.67 Å². The molecular weight excluding hydrogens is 226 g/mol. The molecule has 0 bridgehead atoms. The molecule has 1 N–H and O–H groups in total. The Balaban J connectivity index is 2.48. The van der Waals surface area contributed by atoms with Gasteiger partial charge in [0, 0.05) is 12.4 Å². The van der Waals surface area contributed by atoms with E-state index < -0.39 is 5.97 Å². The van der Waals surface area contributed by atoms with Crippen LogP contribution in [0.4, 0.5) is 0 Å². The first-order chi connectivity index (χ1) is 6.68. The van der Waals surface area contributed by atoms with Crippen molar-refractivity contribution in [3.8, 4) is 5.13 Å². The van der Waals surface area contributed by atoms with Gasteiger partial charge in [0.2, 0.25) is 5.13 Å². The van der Waals surface area contributed by atoms with Gasteiger partial charge in [-0.2, -0.15) is 5.10 Å². The topological polar surface area (TPSA) is 68.0 Å². The third-order valence-electron chi connectivity index (χ3n) is 1.47. The van der Waals surface area contributed by atoms with E-state index in [1.807, 2.05) is 0 Å². The highest BCUT2D eigenvalue weighted by molar-refractivity contribution is 7.16. The van der Waals surface area contributed by atoms with Gasteiger partial charge in [0.25, 0.3) is 0 Å². The van der Waals surface area contributed by atoms with E-state index in [4.69, 9.17) is 16.7 Å². The van der Waals surface area contributed by atoms with E-state index in [0.29, 0.717) is 5.13 Å². The summed E-state index contributed by atoms with van der Waals surface area (Å²) in [6.07, 6.45) is 3.25. The number of hydrogen-bond acceptors (Lipinski definition) is 4. The highest BCUT2D eigenvalue weighted by atomic mass is 35.5. The van der Waals surface area contributed by atoms with Crippen LogP contribution in [-0.4, -0.2) is 25.8 Å². The standard InChI is InChI=1S/C7H4ClN3O2S/c8-5-4(6(12)13)14-7(10-5)11-3-1-2-9-11/h1-3H,(H,12,13). The molecule has 2 rings (SSSR count). The Hall–Kier alpha value is -1.40. The molecule has 0 saturated heterocycles. The van der Waals surface area contributed by atoms with E-state index in [1.165, 1.54) is 4.68 Å². The molecule has 0 fully saturated rings. The summed E-state index contributed by atoms with van der Waals surface area (Å²) in [5, 5.41) is 13.1. The molecule has 72 valence electrons. The molecule has 0 atom stereocenters. The third kappa shape index (κ3) is 1.49. The Bertz CT molecular complexity index is 465. The second-order valence-electron chi connectivity index (χ2n) is 2.37. The van der Waals surface area contributed by atoms with Crippen molar-refractivity contribution in [2.45, 2.75) is 0 Å². The minimum atomic E-state index is -1.08. The Morgan fingerprint density at radius 3 is 2.93 bits per heavy atom. The summed E-state index contributed by atoms with van der Waals surface area (Å²) in [5.74, 6) is -1.08. The van der Waals surface area contributed by atoms with Gasteiger partial charge >= 0.3 is 5.97 Å². The predicted molar refractivity (Wildman–Crippen MR) is 51.2 cm³/mol. The fourth-order valence-corrected chi connectivity index (χ4v) is 1.97. The second kappa shape index (κ2) is 3.39. The zero-order chi connectivity index (χ0) is 10.1. The Morgan fingerprint density at radius 1 is 1.64 bits per heavy atom.